The van der Waals surface area contributed by atoms with Crippen molar-refractivity contribution in [3.8, 4) is 5.75 Å². The second kappa shape index (κ2) is 6.31. The number of halogens is 1. The maximum Gasteiger partial charge on any atom is 0.118 e. The summed E-state index contributed by atoms with van der Waals surface area (Å²) in [6, 6.07) is 21.2. The van der Waals surface area contributed by atoms with E-state index in [0.29, 0.717) is 0 Å². The molecule has 0 heterocycles. The van der Waals surface area contributed by atoms with Crippen molar-refractivity contribution in [3.05, 3.63) is 76.3 Å². The molecule has 3 rings (SSSR count). The summed E-state index contributed by atoms with van der Waals surface area (Å²) in [5, 5.41) is 2.62. The van der Waals surface area contributed by atoms with E-state index < -0.39 is 0 Å². The molecule has 0 atom stereocenters. The molecular weight excluding hydrogens is 324 g/mol. The first-order valence-electron chi connectivity index (χ1n) is 7.07. The minimum Gasteiger partial charge on any atom is -0.497 e. The Hall–Kier alpha value is -1.80. The predicted molar refractivity (Wildman–Crippen MR) is 92.1 cm³/mol. The van der Waals surface area contributed by atoms with Crippen molar-refractivity contribution in [1.82, 2.24) is 0 Å². The molecule has 0 spiro atoms. The van der Waals surface area contributed by atoms with Gasteiger partial charge in [-0.2, -0.15) is 0 Å². The van der Waals surface area contributed by atoms with Crippen LogP contribution < -0.4 is 4.74 Å². The molecule has 1 nitrogen and oxygen atoms in total. The molecule has 2 heteroatoms. The van der Waals surface area contributed by atoms with E-state index in [1.165, 1.54) is 21.9 Å². The van der Waals surface area contributed by atoms with E-state index in [1.54, 1.807) is 7.11 Å². The molecule has 0 amide bonds. The van der Waals surface area contributed by atoms with Crippen LogP contribution in [0.5, 0.6) is 5.75 Å². The third-order valence-electron chi connectivity index (χ3n) is 3.80. The molecule has 0 N–H and O–H groups in total. The van der Waals surface area contributed by atoms with Crippen molar-refractivity contribution in [3.63, 3.8) is 0 Å². The molecule has 0 bridgehead atoms. The van der Waals surface area contributed by atoms with Gasteiger partial charge in [0, 0.05) is 4.47 Å². The van der Waals surface area contributed by atoms with E-state index in [2.05, 4.69) is 64.5 Å². The molecule has 21 heavy (non-hydrogen) atoms. The van der Waals surface area contributed by atoms with Crippen molar-refractivity contribution in [1.29, 1.82) is 0 Å². The molecule has 106 valence electrons. The van der Waals surface area contributed by atoms with Crippen LogP contribution in [0.15, 0.2) is 65.1 Å². The van der Waals surface area contributed by atoms with Crippen LogP contribution in [0, 0.1) is 0 Å². The average Bonchev–Trinajstić information content (AvgIpc) is 2.55. The molecule has 0 aliphatic heterocycles. The van der Waals surface area contributed by atoms with Crippen molar-refractivity contribution >= 4 is 26.7 Å². The van der Waals surface area contributed by atoms with Gasteiger partial charge in [0.25, 0.3) is 0 Å². The zero-order valence-corrected chi connectivity index (χ0v) is 13.6. The van der Waals surface area contributed by atoms with Gasteiger partial charge in [-0.05, 0) is 52.9 Å². The second-order valence-corrected chi connectivity index (χ2v) is 5.95. The fraction of sp³-hybridized carbons (Fsp3) is 0.158. The van der Waals surface area contributed by atoms with E-state index in [1.807, 2.05) is 12.1 Å². The largest absolute Gasteiger partial charge is 0.497 e. The number of benzene rings is 3. The highest BCUT2D eigenvalue weighted by Gasteiger charge is 2.04. The molecule has 3 aromatic rings. The minimum absolute atomic E-state index is 0.910. The topological polar surface area (TPSA) is 9.23 Å². The first-order valence-corrected chi connectivity index (χ1v) is 7.86. The maximum atomic E-state index is 5.20. The lowest BCUT2D eigenvalue weighted by atomic mass is 9.98. The van der Waals surface area contributed by atoms with Crippen LogP contribution in [0.2, 0.25) is 0 Å². The van der Waals surface area contributed by atoms with Crippen LogP contribution in [-0.2, 0) is 12.8 Å². The highest BCUT2D eigenvalue weighted by Crippen LogP contribution is 2.27. The van der Waals surface area contributed by atoms with Crippen LogP contribution >= 0.6 is 15.9 Å². The van der Waals surface area contributed by atoms with Gasteiger partial charge < -0.3 is 4.74 Å². The Morgan fingerprint density at radius 1 is 0.810 bits per heavy atom. The van der Waals surface area contributed by atoms with E-state index in [9.17, 15) is 0 Å². The van der Waals surface area contributed by atoms with Gasteiger partial charge in [-0.15, -0.1) is 0 Å². The molecule has 0 aliphatic carbocycles. The molecule has 0 saturated carbocycles. The van der Waals surface area contributed by atoms with Crippen molar-refractivity contribution in [2.75, 3.05) is 7.11 Å². The van der Waals surface area contributed by atoms with Gasteiger partial charge in [0.2, 0.25) is 0 Å². The fourth-order valence-electron chi connectivity index (χ4n) is 2.61. The summed E-state index contributed by atoms with van der Waals surface area (Å²) >= 11 is 3.63. The van der Waals surface area contributed by atoms with E-state index in [-0.39, 0.29) is 0 Å². The van der Waals surface area contributed by atoms with Gasteiger partial charge in [-0.1, -0.05) is 58.4 Å². The first kappa shape index (κ1) is 14.2. The Morgan fingerprint density at radius 3 is 2.24 bits per heavy atom. The molecule has 0 aliphatic rings. The van der Waals surface area contributed by atoms with Gasteiger partial charge in [0.05, 0.1) is 7.11 Å². The van der Waals surface area contributed by atoms with Gasteiger partial charge >= 0.3 is 0 Å². The normalized spacial score (nSPS) is 10.8. The number of hydrogen-bond acceptors (Lipinski definition) is 1. The van der Waals surface area contributed by atoms with Crippen LogP contribution in [0.3, 0.4) is 0 Å². The van der Waals surface area contributed by atoms with Crippen molar-refractivity contribution in [2.24, 2.45) is 0 Å². The standard InChI is InChI=1S/C19H17BrO/c1-21-16-11-7-14(8-12-16)6-9-15-10-13-19(20)18-5-3-2-4-17(15)18/h2-5,7-8,10-13H,6,9H2,1H3. The van der Waals surface area contributed by atoms with E-state index >= 15 is 0 Å². The van der Waals surface area contributed by atoms with Crippen molar-refractivity contribution < 1.29 is 4.74 Å². The van der Waals surface area contributed by atoms with E-state index in [4.69, 9.17) is 4.74 Å². The molecule has 0 saturated heterocycles. The third-order valence-corrected chi connectivity index (χ3v) is 4.49. The van der Waals surface area contributed by atoms with Crippen LogP contribution in [0.25, 0.3) is 10.8 Å². The molecule has 0 fully saturated rings. The number of rotatable bonds is 4. The second-order valence-electron chi connectivity index (χ2n) is 5.10. The average molecular weight is 341 g/mol. The summed E-state index contributed by atoms with van der Waals surface area (Å²) in [4.78, 5) is 0. The lowest BCUT2D eigenvalue weighted by molar-refractivity contribution is 0.414. The monoisotopic (exact) mass is 340 g/mol. The van der Waals surface area contributed by atoms with Gasteiger partial charge in [-0.3, -0.25) is 0 Å². The number of methoxy groups -OCH3 is 1. The highest BCUT2D eigenvalue weighted by atomic mass is 79.9. The Morgan fingerprint density at radius 2 is 1.52 bits per heavy atom. The molecular formula is C19H17BrO. The summed E-state index contributed by atoms with van der Waals surface area (Å²) < 4.78 is 6.36. The zero-order valence-electron chi connectivity index (χ0n) is 12.0. The lowest BCUT2D eigenvalue weighted by Crippen LogP contribution is -1.93. The van der Waals surface area contributed by atoms with Crippen LogP contribution in [0.4, 0.5) is 0 Å². The van der Waals surface area contributed by atoms with E-state index in [0.717, 1.165) is 23.1 Å². The number of ether oxygens (including phenoxy) is 1. The lowest BCUT2D eigenvalue weighted by Gasteiger charge is -2.09. The van der Waals surface area contributed by atoms with Gasteiger partial charge in [-0.25, -0.2) is 0 Å². The fourth-order valence-corrected chi connectivity index (χ4v) is 3.09. The molecule has 0 unspecified atom stereocenters. The predicted octanol–water partition coefficient (Wildman–Crippen LogP) is 5.40. The molecule has 0 radical (unpaired) electrons. The molecule has 3 aromatic carbocycles. The number of fused-ring (bicyclic) bond motifs is 1. The van der Waals surface area contributed by atoms with Crippen molar-refractivity contribution in [2.45, 2.75) is 12.8 Å². The quantitative estimate of drug-likeness (QED) is 0.618. The summed E-state index contributed by atoms with van der Waals surface area (Å²) in [7, 11) is 1.70. The third kappa shape index (κ3) is 3.11. The Labute approximate surface area is 133 Å². The van der Waals surface area contributed by atoms with Crippen LogP contribution in [0.1, 0.15) is 11.1 Å². The minimum atomic E-state index is 0.910. The smallest absolute Gasteiger partial charge is 0.118 e. The van der Waals surface area contributed by atoms with Gasteiger partial charge in [0.15, 0.2) is 0 Å². The molecule has 0 aromatic heterocycles. The highest BCUT2D eigenvalue weighted by molar-refractivity contribution is 9.10. The van der Waals surface area contributed by atoms with Crippen LogP contribution in [-0.4, -0.2) is 7.11 Å². The Bertz CT molecular complexity index is 747. The zero-order chi connectivity index (χ0) is 14.7. The SMILES string of the molecule is COc1ccc(CCc2ccc(Br)c3ccccc23)cc1. The number of hydrogen-bond donors (Lipinski definition) is 0. The summed E-state index contributed by atoms with van der Waals surface area (Å²) in [6.45, 7) is 0. The summed E-state index contributed by atoms with van der Waals surface area (Å²) in [5.74, 6) is 0.910. The Kier molecular flexibility index (Phi) is 4.26. The maximum absolute atomic E-state index is 5.20. The summed E-state index contributed by atoms with van der Waals surface area (Å²) in [6.07, 6.45) is 2.08. The summed E-state index contributed by atoms with van der Waals surface area (Å²) in [5.41, 5.74) is 2.73. The Balaban J connectivity index is 1.83. The first-order chi connectivity index (χ1) is 10.3. The number of aryl methyl sites for hydroxylation is 2. The van der Waals surface area contributed by atoms with Gasteiger partial charge in [0.1, 0.15) is 5.75 Å².